The van der Waals surface area contributed by atoms with Crippen LogP contribution < -0.4 is 10.9 Å². The minimum absolute atomic E-state index is 0.0163. The van der Waals surface area contributed by atoms with E-state index in [0.717, 1.165) is 66.4 Å². The number of carbonyl (C=O) groups is 1. The first-order valence-electron chi connectivity index (χ1n) is 9.95. The van der Waals surface area contributed by atoms with E-state index in [-0.39, 0.29) is 23.6 Å². The fraction of sp³-hybridized carbons (Fsp3) is 0.429. The Labute approximate surface area is 166 Å². The van der Waals surface area contributed by atoms with Crippen molar-refractivity contribution in [3.8, 4) is 0 Å². The average Bonchev–Trinajstić information content (AvgIpc) is 3.34. The molecule has 28 heavy (non-hydrogen) atoms. The zero-order chi connectivity index (χ0) is 19.1. The first kappa shape index (κ1) is 17.6. The van der Waals surface area contributed by atoms with E-state index in [1.54, 1.807) is 10.7 Å². The summed E-state index contributed by atoms with van der Waals surface area (Å²) in [6, 6.07) is 9.83. The minimum Gasteiger partial charge on any atom is -0.347 e. The van der Waals surface area contributed by atoms with Crippen LogP contribution in [0, 0.1) is 0 Å². The number of aromatic nitrogens is 3. The highest BCUT2D eigenvalue weighted by atomic mass is 32.1. The van der Waals surface area contributed by atoms with Gasteiger partial charge in [-0.25, -0.2) is 9.67 Å². The van der Waals surface area contributed by atoms with Crippen molar-refractivity contribution in [3.05, 3.63) is 57.0 Å². The van der Waals surface area contributed by atoms with E-state index in [9.17, 15) is 9.59 Å². The molecule has 1 N–H and O–H groups in total. The molecule has 3 aromatic rings. The zero-order valence-corrected chi connectivity index (χ0v) is 16.4. The van der Waals surface area contributed by atoms with Crippen LogP contribution in [-0.4, -0.2) is 26.7 Å². The predicted molar refractivity (Wildman–Crippen MR) is 109 cm³/mol. The summed E-state index contributed by atoms with van der Waals surface area (Å²) >= 11 is 1.43. The number of rotatable bonds is 3. The van der Waals surface area contributed by atoms with Gasteiger partial charge in [0.2, 0.25) is 0 Å². The monoisotopic (exact) mass is 394 g/mol. The number of amides is 1. The molecule has 0 unspecified atom stereocenters. The van der Waals surface area contributed by atoms with Crippen LogP contribution in [0.5, 0.6) is 0 Å². The van der Waals surface area contributed by atoms with E-state index >= 15 is 0 Å². The maximum atomic E-state index is 12.6. The number of thiazole rings is 1. The molecule has 0 bridgehead atoms. The number of para-hydroxylation sites is 1. The molecule has 0 radical (unpaired) electrons. The molecule has 1 aromatic carbocycles. The Balaban J connectivity index is 1.24. The molecule has 0 spiro atoms. The molecule has 1 amide bonds. The number of aryl methyl sites for hydroxylation is 2. The number of hydrogen-bond acceptors (Lipinski definition) is 5. The highest BCUT2D eigenvalue weighted by Gasteiger charge is 2.27. The summed E-state index contributed by atoms with van der Waals surface area (Å²) in [4.78, 5) is 29.5. The van der Waals surface area contributed by atoms with Gasteiger partial charge in [-0.05, 0) is 62.6 Å². The molecule has 0 saturated heterocycles. The van der Waals surface area contributed by atoms with Crippen LogP contribution in [0.4, 0.5) is 0 Å². The lowest BCUT2D eigenvalue weighted by atomic mass is 9.91. The van der Waals surface area contributed by atoms with Crippen molar-refractivity contribution in [2.24, 2.45) is 0 Å². The molecular weight excluding hydrogens is 372 g/mol. The maximum Gasteiger partial charge on any atom is 0.280 e. The van der Waals surface area contributed by atoms with Crippen molar-refractivity contribution in [2.75, 3.05) is 0 Å². The van der Waals surface area contributed by atoms with Gasteiger partial charge in [0.15, 0.2) is 5.01 Å². The van der Waals surface area contributed by atoms with Crippen molar-refractivity contribution in [2.45, 2.75) is 57.0 Å². The second-order valence-corrected chi connectivity index (χ2v) is 8.75. The van der Waals surface area contributed by atoms with E-state index in [0.29, 0.717) is 5.01 Å². The predicted octanol–water partition coefficient (Wildman–Crippen LogP) is 3.26. The number of hydrogen-bond donors (Lipinski definition) is 1. The third-order valence-electron chi connectivity index (χ3n) is 5.85. The standard InChI is InChI=1S/C21H22N4O2S/c26-19-12-13-4-3-6-16(13)24-25(19)15-10-8-14(9-11-15)22-20(27)21-23-17-5-1-2-7-18(17)28-21/h1-2,5,7,12,14-15H,3-4,6,8-11H2,(H,22,27). The molecule has 6 nitrogen and oxygen atoms in total. The van der Waals surface area contributed by atoms with E-state index < -0.39 is 0 Å². The quantitative estimate of drug-likeness (QED) is 0.740. The lowest BCUT2D eigenvalue weighted by Crippen LogP contribution is -2.39. The van der Waals surface area contributed by atoms with E-state index in [2.05, 4.69) is 15.4 Å². The summed E-state index contributed by atoms with van der Waals surface area (Å²) < 4.78 is 2.72. The van der Waals surface area contributed by atoms with Crippen LogP contribution in [0.3, 0.4) is 0 Å². The van der Waals surface area contributed by atoms with E-state index in [4.69, 9.17) is 0 Å². The molecule has 2 aliphatic carbocycles. The number of fused-ring (bicyclic) bond motifs is 2. The van der Waals surface area contributed by atoms with Gasteiger partial charge in [-0.3, -0.25) is 9.59 Å². The zero-order valence-electron chi connectivity index (χ0n) is 15.6. The lowest BCUT2D eigenvalue weighted by molar-refractivity contribution is 0.0921. The Bertz CT molecular complexity index is 1060. The van der Waals surface area contributed by atoms with Crippen molar-refractivity contribution < 1.29 is 4.79 Å². The molecule has 7 heteroatoms. The number of nitrogens with one attached hydrogen (secondary N) is 1. The lowest BCUT2D eigenvalue weighted by Gasteiger charge is -2.29. The van der Waals surface area contributed by atoms with Gasteiger partial charge in [-0.15, -0.1) is 11.3 Å². The van der Waals surface area contributed by atoms with Gasteiger partial charge in [0, 0.05) is 12.1 Å². The first-order chi connectivity index (χ1) is 13.7. The molecular formula is C21H22N4O2S. The Morgan fingerprint density at radius 2 is 1.96 bits per heavy atom. The van der Waals surface area contributed by atoms with E-state index in [1.165, 1.54) is 11.3 Å². The summed E-state index contributed by atoms with van der Waals surface area (Å²) in [7, 11) is 0. The third-order valence-corrected chi connectivity index (χ3v) is 6.88. The molecule has 2 aromatic heterocycles. The number of nitrogens with zero attached hydrogens (tertiary/aromatic N) is 3. The van der Waals surface area contributed by atoms with Crippen LogP contribution >= 0.6 is 11.3 Å². The fourth-order valence-corrected chi connectivity index (χ4v) is 5.23. The second-order valence-electron chi connectivity index (χ2n) is 7.72. The second kappa shape index (κ2) is 7.13. The van der Waals surface area contributed by atoms with Crippen molar-refractivity contribution in [3.63, 3.8) is 0 Å². The van der Waals surface area contributed by atoms with Gasteiger partial charge < -0.3 is 5.32 Å². The highest BCUT2D eigenvalue weighted by molar-refractivity contribution is 7.20. The molecule has 1 saturated carbocycles. The van der Waals surface area contributed by atoms with Gasteiger partial charge >= 0.3 is 0 Å². The summed E-state index contributed by atoms with van der Waals surface area (Å²) in [5.74, 6) is -0.0996. The molecule has 2 heterocycles. The number of benzene rings is 1. The smallest absolute Gasteiger partial charge is 0.280 e. The largest absolute Gasteiger partial charge is 0.347 e. The number of carbonyl (C=O) groups excluding carboxylic acids is 1. The molecule has 0 atom stereocenters. The van der Waals surface area contributed by atoms with Gasteiger partial charge in [-0.1, -0.05) is 12.1 Å². The van der Waals surface area contributed by atoms with Crippen LogP contribution in [0.2, 0.25) is 0 Å². The van der Waals surface area contributed by atoms with Gasteiger partial charge in [0.1, 0.15) is 0 Å². The van der Waals surface area contributed by atoms with Gasteiger partial charge in [0.05, 0.1) is 22.0 Å². The Morgan fingerprint density at radius 1 is 1.14 bits per heavy atom. The van der Waals surface area contributed by atoms with Crippen LogP contribution in [0.15, 0.2) is 35.1 Å². The summed E-state index contributed by atoms with van der Waals surface area (Å²) in [6.45, 7) is 0. The SMILES string of the molecule is O=C(NC1CCC(n2nc3c(cc2=O)CCC3)CC1)c1nc2ccccc2s1. The molecule has 5 rings (SSSR count). The third kappa shape index (κ3) is 3.24. The Kier molecular flexibility index (Phi) is 4.47. The van der Waals surface area contributed by atoms with Crippen molar-refractivity contribution in [1.29, 1.82) is 0 Å². The Hall–Kier alpha value is -2.54. The van der Waals surface area contributed by atoms with Crippen LogP contribution in [0.1, 0.15) is 59.2 Å². The summed E-state index contributed by atoms with van der Waals surface area (Å²) in [5, 5.41) is 8.28. The first-order valence-corrected chi connectivity index (χ1v) is 10.8. The Morgan fingerprint density at radius 3 is 2.79 bits per heavy atom. The summed E-state index contributed by atoms with van der Waals surface area (Å²) in [6.07, 6.45) is 6.47. The maximum absolute atomic E-state index is 12.6. The van der Waals surface area contributed by atoms with Gasteiger partial charge in [0.25, 0.3) is 11.5 Å². The van der Waals surface area contributed by atoms with Gasteiger partial charge in [-0.2, -0.15) is 5.10 Å². The fourth-order valence-electron chi connectivity index (χ4n) is 4.36. The average molecular weight is 395 g/mol. The normalized spacial score (nSPS) is 21.6. The minimum atomic E-state index is -0.0996. The van der Waals surface area contributed by atoms with Crippen LogP contribution in [-0.2, 0) is 12.8 Å². The molecule has 2 aliphatic rings. The molecule has 0 aliphatic heterocycles. The van der Waals surface area contributed by atoms with Crippen molar-refractivity contribution in [1.82, 2.24) is 20.1 Å². The van der Waals surface area contributed by atoms with E-state index in [1.807, 2.05) is 24.3 Å². The summed E-state index contributed by atoms with van der Waals surface area (Å²) in [5.41, 5.74) is 3.09. The van der Waals surface area contributed by atoms with Crippen molar-refractivity contribution >= 4 is 27.5 Å². The van der Waals surface area contributed by atoms with Crippen LogP contribution in [0.25, 0.3) is 10.2 Å². The topological polar surface area (TPSA) is 76.9 Å². The molecule has 1 fully saturated rings. The highest BCUT2D eigenvalue weighted by Crippen LogP contribution is 2.29. The molecule has 144 valence electrons.